The average molecular weight is 287 g/mol. The molecule has 1 unspecified atom stereocenters. The highest BCUT2D eigenvalue weighted by molar-refractivity contribution is 7.10. The maximum Gasteiger partial charge on any atom is 0.142 e. The summed E-state index contributed by atoms with van der Waals surface area (Å²) >= 11 is 1.49. The Morgan fingerprint density at radius 2 is 2.05 bits per heavy atom. The summed E-state index contributed by atoms with van der Waals surface area (Å²) in [6.07, 6.45) is 3.58. The number of aromatic nitrogens is 1. The van der Waals surface area contributed by atoms with Crippen LogP contribution in [0.1, 0.15) is 55.3 Å². The monoisotopic (exact) mass is 287 g/mol. The van der Waals surface area contributed by atoms with E-state index >= 15 is 0 Å². The van der Waals surface area contributed by atoms with Gasteiger partial charge in [0.05, 0.1) is 0 Å². The van der Waals surface area contributed by atoms with Crippen molar-refractivity contribution < 1.29 is 0 Å². The van der Waals surface area contributed by atoms with Gasteiger partial charge in [-0.15, -0.1) is 0 Å². The van der Waals surface area contributed by atoms with Gasteiger partial charge in [-0.25, -0.2) is 0 Å². The highest BCUT2D eigenvalue weighted by atomic mass is 32.1. The minimum absolute atomic E-state index is 0.276. The van der Waals surface area contributed by atoms with Crippen LogP contribution in [-0.2, 0) is 6.42 Å². The van der Waals surface area contributed by atoms with Crippen LogP contribution in [0, 0.1) is 0 Å². The van der Waals surface area contributed by atoms with E-state index < -0.39 is 0 Å². The molecule has 106 valence electrons. The summed E-state index contributed by atoms with van der Waals surface area (Å²) in [6, 6.07) is 9.10. The minimum Gasteiger partial charge on any atom is -0.383 e. The molecule has 1 aromatic carbocycles. The lowest BCUT2D eigenvalue weighted by Crippen LogP contribution is -2.07. The Bertz CT molecular complexity index is 584. The molecule has 0 radical (unpaired) electrons. The number of nitrogens with zero attached hydrogens (tertiary/aromatic N) is 1. The van der Waals surface area contributed by atoms with Crippen LogP contribution in [0.4, 0.5) is 10.8 Å². The van der Waals surface area contributed by atoms with Crippen LogP contribution in [0.5, 0.6) is 0 Å². The zero-order valence-corrected chi connectivity index (χ0v) is 12.8. The van der Waals surface area contributed by atoms with Gasteiger partial charge in [0.1, 0.15) is 10.8 Å². The molecule has 1 saturated carbocycles. The van der Waals surface area contributed by atoms with E-state index in [1.165, 1.54) is 41.1 Å². The molecule has 1 aliphatic rings. The van der Waals surface area contributed by atoms with Crippen molar-refractivity contribution in [2.75, 3.05) is 11.1 Å². The van der Waals surface area contributed by atoms with Crippen molar-refractivity contribution in [3.63, 3.8) is 0 Å². The van der Waals surface area contributed by atoms with Crippen LogP contribution in [-0.4, -0.2) is 4.37 Å². The van der Waals surface area contributed by atoms with E-state index in [0.29, 0.717) is 11.7 Å². The van der Waals surface area contributed by atoms with E-state index in [0.717, 1.165) is 11.4 Å². The van der Waals surface area contributed by atoms with Crippen molar-refractivity contribution >= 4 is 22.4 Å². The van der Waals surface area contributed by atoms with E-state index in [4.69, 9.17) is 5.73 Å². The first-order valence-electron chi connectivity index (χ1n) is 7.29. The van der Waals surface area contributed by atoms with Gasteiger partial charge in [-0.3, -0.25) is 0 Å². The van der Waals surface area contributed by atoms with Crippen LogP contribution in [0.2, 0.25) is 0 Å². The molecule has 0 spiro atoms. The normalized spacial score (nSPS) is 16.1. The summed E-state index contributed by atoms with van der Waals surface area (Å²) in [5.41, 5.74) is 9.91. The van der Waals surface area contributed by atoms with Gasteiger partial charge in [-0.2, -0.15) is 4.37 Å². The van der Waals surface area contributed by atoms with E-state index in [-0.39, 0.29) is 6.04 Å². The van der Waals surface area contributed by atoms with Crippen LogP contribution in [0.3, 0.4) is 0 Å². The highest BCUT2D eigenvalue weighted by Crippen LogP contribution is 2.48. The molecule has 4 heteroatoms. The second kappa shape index (κ2) is 5.44. The number of aryl methyl sites for hydroxylation is 1. The smallest absolute Gasteiger partial charge is 0.142 e. The number of hydrogen-bond acceptors (Lipinski definition) is 4. The molecule has 1 fully saturated rings. The van der Waals surface area contributed by atoms with Crippen LogP contribution in [0.25, 0.3) is 0 Å². The van der Waals surface area contributed by atoms with E-state index in [1.54, 1.807) is 0 Å². The van der Waals surface area contributed by atoms with Crippen molar-refractivity contribution in [3.8, 4) is 0 Å². The SMILES string of the molecule is CCc1ccc(C(C)Nc2snc(N)c2C2CC2)cc1. The Labute approximate surface area is 124 Å². The number of nitrogen functional groups attached to an aromatic ring is 1. The summed E-state index contributed by atoms with van der Waals surface area (Å²) in [7, 11) is 0. The van der Waals surface area contributed by atoms with E-state index in [1.807, 2.05) is 0 Å². The van der Waals surface area contributed by atoms with Crippen molar-refractivity contribution in [2.45, 2.75) is 45.1 Å². The van der Waals surface area contributed by atoms with Crippen LogP contribution >= 0.6 is 11.5 Å². The molecule has 3 N–H and O–H groups in total. The molecule has 1 aromatic heterocycles. The Morgan fingerprint density at radius 1 is 1.35 bits per heavy atom. The highest BCUT2D eigenvalue weighted by Gasteiger charge is 2.30. The summed E-state index contributed by atoms with van der Waals surface area (Å²) in [4.78, 5) is 0. The molecule has 20 heavy (non-hydrogen) atoms. The second-order valence-corrected chi connectivity index (χ2v) is 6.32. The number of benzene rings is 1. The number of nitrogens with one attached hydrogen (secondary N) is 1. The Balaban J connectivity index is 1.76. The minimum atomic E-state index is 0.276. The fourth-order valence-corrected chi connectivity index (χ4v) is 3.39. The molecule has 3 nitrogen and oxygen atoms in total. The standard InChI is InChI=1S/C16H21N3S/c1-3-11-4-6-12(7-5-11)10(2)18-16-14(13-8-9-13)15(17)19-20-16/h4-7,10,13,18H,3,8-9H2,1-2H3,(H2,17,19). The summed E-state index contributed by atoms with van der Waals surface area (Å²) < 4.78 is 4.31. The van der Waals surface area contributed by atoms with E-state index in [9.17, 15) is 0 Å². The predicted octanol–water partition coefficient (Wildman–Crippen LogP) is 4.34. The molecule has 1 heterocycles. The van der Waals surface area contributed by atoms with Crippen molar-refractivity contribution in [1.82, 2.24) is 4.37 Å². The average Bonchev–Trinajstić information content (AvgIpc) is 3.24. The molecule has 1 aliphatic carbocycles. The summed E-state index contributed by atoms with van der Waals surface area (Å²) in [5, 5.41) is 4.73. The molecule has 1 atom stereocenters. The molecule has 0 bridgehead atoms. The predicted molar refractivity (Wildman–Crippen MR) is 86.4 cm³/mol. The van der Waals surface area contributed by atoms with Crippen molar-refractivity contribution in [2.24, 2.45) is 0 Å². The number of nitrogens with two attached hydrogens (primary N) is 1. The quantitative estimate of drug-likeness (QED) is 0.860. The molecule has 0 aliphatic heterocycles. The lowest BCUT2D eigenvalue weighted by molar-refractivity contribution is 0.883. The van der Waals surface area contributed by atoms with Gasteiger partial charge in [0.25, 0.3) is 0 Å². The largest absolute Gasteiger partial charge is 0.383 e. The molecular weight excluding hydrogens is 266 g/mol. The maximum absolute atomic E-state index is 5.99. The lowest BCUT2D eigenvalue weighted by Gasteiger charge is -2.15. The fraction of sp³-hybridized carbons (Fsp3) is 0.438. The van der Waals surface area contributed by atoms with Gasteiger partial charge in [-0.05, 0) is 54.8 Å². The van der Waals surface area contributed by atoms with Gasteiger partial charge >= 0.3 is 0 Å². The third-order valence-electron chi connectivity index (χ3n) is 3.98. The lowest BCUT2D eigenvalue weighted by atomic mass is 10.0. The van der Waals surface area contributed by atoms with Crippen molar-refractivity contribution in [3.05, 3.63) is 41.0 Å². The Kier molecular flexibility index (Phi) is 3.66. The third-order valence-corrected chi connectivity index (χ3v) is 4.79. The molecular formula is C16H21N3S. The number of hydrogen-bond donors (Lipinski definition) is 2. The van der Waals surface area contributed by atoms with Gasteiger partial charge < -0.3 is 11.1 Å². The summed E-state index contributed by atoms with van der Waals surface area (Å²) in [6.45, 7) is 4.37. The van der Waals surface area contributed by atoms with Crippen LogP contribution in [0.15, 0.2) is 24.3 Å². The van der Waals surface area contributed by atoms with Gasteiger partial charge in [0.15, 0.2) is 0 Å². The topological polar surface area (TPSA) is 50.9 Å². The first kappa shape index (κ1) is 13.4. The molecule has 0 saturated heterocycles. The van der Waals surface area contributed by atoms with Gasteiger partial charge in [-0.1, -0.05) is 31.2 Å². The summed E-state index contributed by atoms with van der Waals surface area (Å²) in [5.74, 6) is 1.35. The first-order valence-corrected chi connectivity index (χ1v) is 8.06. The molecule has 3 rings (SSSR count). The Morgan fingerprint density at radius 3 is 2.65 bits per heavy atom. The van der Waals surface area contributed by atoms with Gasteiger partial charge in [0, 0.05) is 11.6 Å². The zero-order chi connectivity index (χ0) is 14.1. The zero-order valence-electron chi connectivity index (χ0n) is 12.0. The number of anilines is 2. The van der Waals surface area contributed by atoms with Gasteiger partial charge in [0.2, 0.25) is 0 Å². The Hall–Kier alpha value is -1.55. The van der Waals surface area contributed by atoms with E-state index in [2.05, 4.69) is 47.8 Å². The molecule has 2 aromatic rings. The van der Waals surface area contributed by atoms with Crippen LogP contribution < -0.4 is 11.1 Å². The second-order valence-electron chi connectivity index (χ2n) is 5.55. The first-order chi connectivity index (χ1) is 9.69. The number of rotatable bonds is 5. The third kappa shape index (κ3) is 2.66. The maximum atomic E-state index is 5.99. The van der Waals surface area contributed by atoms with Crippen molar-refractivity contribution in [1.29, 1.82) is 0 Å². The molecule has 0 amide bonds. The fourth-order valence-electron chi connectivity index (χ4n) is 2.50.